The Morgan fingerprint density at radius 2 is 1.16 bits per heavy atom. The molecule has 0 radical (unpaired) electrons. The molecule has 0 bridgehead atoms. The molecule has 0 spiro atoms. The number of benzene rings is 3. The number of hydrazine groups is 1. The molecule has 0 aliphatic carbocycles. The fourth-order valence-corrected chi connectivity index (χ4v) is 4.52. The summed E-state index contributed by atoms with van der Waals surface area (Å²) in [6, 6.07) is 18.2. The van der Waals surface area contributed by atoms with E-state index in [2.05, 4.69) is 0 Å². The maximum atomic E-state index is 13.1. The fraction of sp³-hybridized carbons (Fsp3) is 0.0417. The van der Waals surface area contributed by atoms with Crippen LogP contribution in [0.15, 0.2) is 66.7 Å². The standard InChI is InChI=1S/C24H13N3O5/c28-19-12-13-6-1-3-8-15(13)25(19)17-10-5-11-18-20(17)22(30)24(32)27(18)26-16-9-4-2-7-14(16)21(29)23(26)31/h1-11H,12H2. The molecule has 0 aromatic heterocycles. The van der Waals surface area contributed by atoms with Crippen LogP contribution in [0.2, 0.25) is 0 Å². The number of carbonyl (C=O) groups is 5. The van der Waals surface area contributed by atoms with Gasteiger partial charge in [0.2, 0.25) is 5.91 Å². The third-order valence-electron chi connectivity index (χ3n) is 5.89. The molecule has 3 amide bonds. The van der Waals surface area contributed by atoms with Crippen molar-refractivity contribution in [3.8, 4) is 0 Å². The molecule has 8 nitrogen and oxygen atoms in total. The number of nitrogens with zero attached hydrogens (tertiary/aromatic N) is 3. The summed E-state index contributed by atoms with van der Waals surface area (Å²) < 4.78 is 0. The lowest BCUT2D eigenvalue weighted by Crippen LogP contribution is -2.49. The summed E-state index contributed by atoms with van der Waals surface area (Å²) in [6.07, 6.45) is 0.179. The number of para-hydroxylation sites is 2. The molecule has 0 saturated heterocycles. The highest BCUT2D eigenvalue weighted by Gasteiger charge is 2.49. The molecule has 6 rings (SSSR count). The van der Waals surface area contributed by atoms with Crippen LogP contribution in [0.5, 0.6) is 0 Å². The second-order valence-electron chi connectivity index (χ2n) is 7.62. The van der Waals surface area contributed by atoms with E-state index in [0.29, 0.717) is 5.69 Å². The smallest absolute Gasteiger partial charge is 0.283 e. The number of carbonyl (C=O) groups excluding carboxylic acids is 5. The van der Waals surface area contributed by atoms with Crippen molar-refractivity contribution in [3.05, 3.63) is 83.4 Å². The molecule has 0 atom stereocenters. The summed E-state index contributed by atoms with van der Waals surface area (Å²) in [7, 11) is 0. The van der Waals surface area contributed by atoms with Crippen molar-refractivity contribution in [2.45, 2.75) is 6.42 Å². The highest BCUT2D eigenvalue weighted by Crippen LogP contribution is 2.44. The Hall–Kier alpha value is -4.59. The van der Waals surface area contributed by atoms with Crippen LogP contribution in [-0.4, -0.2) is 29.3 Å². The van der Waals surface area contributed by atoms with Crippen molar-refractivity contribution >= 4 is 52.0 Å². The van der Waals surface area contributed by atoms with E-state index in [1.807, 2.05) is 12.1 Å². The van der Waals surface area contributed by atoms with Gasteiger partial charge in [-0.05, 0) is 35.9 Å². The number of hydrogen-bond acceptors (Lipinski definition) is 5. The van der Waals surface area contributed by atoms with Crippen LogP contribution in [0.1, 0.15) is 26.3 Å². The van der Waals surface area contributed by atoms with Gasteiger partial charge >= 0.3 is 11.8 Å². The minimum Gasteiger partial charge on any atom is -0.283 e. The zero-order valence-corrected chi connectivity index (χ0v) is 16.4. The first-order chi connectivity index (χ1) is 15.5. The lowest BCUT2D eigenvalue weighted by atomic mass is 10.1. The van der Waals surface area contributed by atoms with Crippen molar-refractivity contribution in [1.29, 1.82) is 0 Å². The number of hydrogen-bond donors (Lipinski definition) is 0. The fourth-order valence-electron chi connectivity index (χ4n) is 4.52. The van der Waals surface area contributed by atoms with Crippen LogP contribution in [0.3, 0.4) is 0 Å². The predicted octanol–water partition coefficient (Wildman–Crippen LogP) is 2.58. The largest absolute Gasteiger partial charge is 0.318 e. The van der Waals surface area contributed by atoms with E-state index >= 15 is 0 Å². The summed E-state index contributed by atoms with van der Waals surface area (Å²) in [5.41, 5.74) is 2.28. The SMILES string of the molecule is O=C1C(=O)N(N2C(=O)C(=O)c3c(N4C(=O)Cc5ccccc54)cccc32)c2ccccc21. The average molecular weight is 423 g/mol. The lowest BCUT2D eigenvalue weighted by Gasteiger charge is -2.28. The maximum Gasteiger partial charge on any atom is 0.318 e. The van der Waals surface area contributed by atoms with Crippen molar-refractivity contribution < 1.29 is 24.0 Å². The van der Waals surface area contributed by atoms with Gasteiger partial charge in [0.25, 0.3) is 11.6 Å². The molecule has 0 N–H and O–H groups in total. The Morgan fingerprint density at radius 1 is 0.562 bits per heavy atom. The van der Waals surface area contributed by atoms with Gasteiger partial charge in [0, 0.05) is 0 Å². The number of fused-ring (bicyclic) bond motifs is 3. The van der Waals surface area contributed by atoms with Gasteiger partial charge in [-0.25, -0.2) is 10.0 Å². The molecule has 3 aliphatic rings. The van der Waals surface area contributed by atoms with Crippen LogP contribution < -0.4 is 14.9 Å². The molecular formula is C24H13N3O5. The zero-order valence-electron chi connectivity index (χ0n) is 16.4. The molecule has 154 valence electrons. The minimum atomic E-state index is -0.967. The molecular weight excluding hydrogens is 410 g/mol. The van der Waals surface area contributed by atoms with E-state index in [9.17, 15) is 24.0 Å². The van der Waals surface area contributed by atoms with Crippen LogP contribution in [0.4, 0.5) is 22.7 Å². The van der Waals surface area contributed by atoms with Gasteiger partial charge in [0.15, 0.2) is 0 Å². The zero-order chi connectivity index (χ0) is 22.1. The number of anilines is 4. The summed E-state index contributed by atoms with van der Waals surface area (Å²) >= 11 is 0. The third-order valence-corrected chi connectivity index (χ3v) is 5.89. The Balaban J connectivity index is 1.54. The van der Waals surface area contributed by atoms with Crippen molar-refractivity contribution in [2.75, 3.05) is 14.9 Å². The molecule has 3 aromatic rings. The Kier molecular flexibility index (Phi) is 3.53. The van der Waals surface area contributed by atoms with Crippen LogP contribution in [0, 0.1) is 0 Å². The Bertz CT molecular complexity index is 1430. The molecule has 3 aliphatic heterocycles. The highest BCUT2D eigenvalue weighted by atomic mass is 16.2. The van der Waals surface area contributed by atoms with Crippen molar-refractivity contribution in [2.24, 2.45) is 0 Å². The Morgan fingerprint density at radius 3 is 1.97 bits per heavy atom. The van der Waals surface area contributed by atoms with Gasteiger partial charge in [-0.3, -0.25) is 28.9 Å². The second kappa shape index (κ2) is 6.21. The van der Waals surface area contributed by atoms with Gasteiger partial charge in [0.05, 0.1) is 40.3 Å². The summed E-state index contributed by atoms with van der Waals surface area (Å²) in [5.74, 6) is -3.72. The predicted molar refractivity (Wildman–Crippen MR) is 114 cm³/mol. The molecule has 8 heteroatoms. The van der Waals surface area contributed by atoms with E-state index in [4.69, 9.17) is 0 Å². The molecule has 32 heavy (non-hydrogen) atoms. The highest BCUT2D eigenvalue weighted by molar-refractivity contribution is 6.59. The van der Waals surface area contributed by atoms with E-state index in [-0.39, 0.29) is 40.5 Å². The summed E-state index contributed by atoms with van der Waals surface area (Å²) in [5, 5.41) is 1.87. The first-order valence-corrected chi connectivity index (χ1v) is 9.89. The van der Waals surface area contributed by atoms with Crippen LogP contribution in [-0.2, 0) is 20.8 Å². The van der Waals surface area contributed by atoms with E-state index in [0.717, 1.165) is 15.6 Å². The number of ketones is 2. The van der Waals surface area contributed by atoms with Gasteiger partial charge in [-0.15, -0.1) is 0 Å². The molecule has 3 heterocycles. The van der Waals surface area contributed by atoms with Gasteiger partial charge < -0.3 is 0 Å². The van der Waals surface area contributed by atoms with E-state index < -0.39 is 23.4 Å². The summed E-state index contributed by atoms with van der Waals surface area (Å²) in [4.78, 5) is 65.7. The third kappa shape index (κ3) is 2.18. The Labute approximate surface area is 181 Å². The number of amides is 3. The molecule has 3 aromatic carbocycles. The molecule has 0 fully saturated rings. The first-order valence-electron chi connectivity index (χ1n) is 9.89. The summed E-state index contributed by atoms with van der Waals surface area (Å²) in [6.45, 7) is 0. The molecule has 0 saturated carbocycles. The van der Waals surface area contributed by atoms with Gasteiger partial charge in [-0.1, -0.05) is 36.4 Å². The average Bonchev–Trinajstić information content (AvgIpc) is 3.36. The van der Waals surface area contributed by atoms with E-state index in [1.165, 1.54) is 23.1 Å². The van der Waals surface area contributed by atoms with E-state index in [1.54, 1.807) is 36.4 Å². The van der Waals surface area contributed by atoms with Gasteiger partial charge in [0.1, 0.15) is 0 Å². The quantitative estimate of drug-likeness (QED) is 0.591. The maximum absolute atomic E-state index is 13.1. The number of Topliss-reactive ketones (excluding diaryl/α,β-unsaturated/α-hetero) is 2. The second-order valence-corrected chi connectivity index (χ2v) is 7.62. The van der Waals surface area contributed by atoms with Crippen molar-refractivity contribution in [3.63, 3.8) is 0 Å². The van der Waals surface area contributed by atoms with Crippen LogP contribution >= 0.6 is 0 Å². The topological polar surface area (TPSA) is 95.1 Å². The van der Waals surface area contributed by atoms with Gasteiger partial charge in [-0.2, -0.15) is 0 Å². The molecule has 0 unspecified atom stereocenters. The normalized spacial score (nSPS) is 16.8. The number of rotatable bonds is 2. The first kappa shape index (κ1) is 18.2. The minimum absolute atomic E-state index is 0.0205. The van der Waals surface area contributed by atoms with Crippen molar-refractivity contribution in [1.82, 2.24) is 0 Å². The monoisotopic (exact) mass is 423 g/mol. The lowest BCUT2D eigenvalue weighted by molar-refractivity contribution is -0.118. The van der Waals surface area contributed by atoms with Crippen LogP contribution in [0.25, 0.3) is 0 Å².